The molecule has 0 aliphatic carbocycles. The monoisotopic (exact) mass is 383 g/mol. The number of fused-ring (bicyclic) bond motifs is 1. The van der Waals surface area contributed by atoms with E-state index in [1.54, 1.807) is 0 Å². The average molecular weight is 383 g/mol. The molecule has 0 atom stereocenters. The number of esters is 1. The van der Waals surface area contributed by atoms with E-state index in [4.69, 9.17) is 4.74 Å². The third-order valence-corrected chi connectivity index (χ3v) is 3.80. The molecule has 0 N–H and O–H groups in total. The number of pyridine rings is 1. The molecule has 0 bridgehead atoms. The first-order chi connectivity index (χ1) is 12.8. The summed E-state index contributed by atoms with van der Waals surface area (Å²) in [4.78, 5) is 24.5. The standard InChI is InChI=1S/C18H10F5NO3/c1-2-27-18(26)10-7-24(8-3-4-11(19)12(20)5-8)16-9(17(10)25)6-13(21)14(22)15(16)23/h3-7H,2H2,1H3. The lowest BCUT2D eigenvalue weighted by atomic mass is 10.1. The lowest BCUT2D eigenvalue weighted by Gasteiger charge is -2.14. The van der Waals surface area contributed by atoms with Crippen molar-refractivity contribution in [2.45, 2.75) is 6.92 Å². The van der Waals surface area contributed by atoms with E-state index in [0.717, 1.165) is 22.9 Å². The molecule has 9 heteroatoms. The SMILES string of the molecule is CCOC(=O)c1cn(-c2ccc(F)c(F)c2)c2c(F)c(F)c(F)cc2c1=O. The Morgan fingerprint density at radius 1 is 1.00 bits per heavy atom. The highest BCUT2D eigenvalue weighted by Crippen LogP contribution is 2.25. The van der Waals surface area contributed by atoms with Crippen LogP contribution in [0.1, 0.15) is 17.3 Å². The van der Waals surface area contributed by atoms with Crippen LogP contribution in [0.5, 0.6) is 0 Å². The third-order valence-electron chi connectivity index (χ3n) is 3.80. The van der Waals surface area contributed by atoms with Gasteiger partial charge in [-0.3, -0.25) is 4.79 Å². The number of hydrogen-bond acceptors (Lipinski definition) is 3. The van der Waals surface area contributed by atoms with Gasteiger partial charge in [0.1, 0.15) is 5.56 Å². The van der Waals surface area contributed by atoms with Crippen LogP contribution in [0.15, 0.2) is 35.3 Å². The van der Waals surface area contributed by atoms with Crippen molar-refractivity contribution in [2.75, 3.05) is 6.61 Å². The fourth-order valence-electron chi connectivity index (χ4n) is 2.58. The maximum absolute atomic E-state index is 14.4. The van der Waals surface area contributed by atoms with Gasteiger partial charge in [0, 0.05) is 18.0 Å². The second-order valence-corrected chi connectivity index (χ2v) is 5.44. The summed E-state index contributed by atoms with van der Waals surface area (Å²) in [5.74, 6) is -8.82. The molecule has 0 radical (unpaired) electrons. The van der Waals surface area contributed by atoms with E-state index in [0.29, 0.717) is 12.1 Å². The topological polar surface area (TPSA) is 48.3 Å². The van der Waals surface area contributed by atoms with Crippen molar-refractivity contribution in [2.24, 2.45) is 0 Å². The molecule has 1 aromatic heterocycles. The molecule has 0 unspecified atom stereocenters. The first kappa shape index (κ1) is 18.6. The summed E-state index contributed by atoms with van der Waals surface area (Å²) < 4.78 is 74.0. The number of carbonyl (C=O) groups is 1. The largest absolute Gasteiger partial charge is 0.462 e. The van der Waals surface area contributed by atoms with E-state index >= 15 is 0 Å². The number of halogens is 5. The highest BCUT2D eigenvalue weighted by molar-refractivity contribution is 5.94. The van der Waals surface area contributed by atoms with Crippen LogP contribution < -0.4 is 5.43 Å². The number of nitrogens with zero attached hydrogens (tertiary/aromatic N) is 1. The molecule has 27 heavy (non-hydrogen) atoms. The molecular formula is C18H10F5NO3. The van der Waals surface area contributed by atoms with Crippen molar-refractivity contribution in [3.63, 3.8) is 0 Å². The van der Waals surface area contributed by atoms with E-state index in [-0.39, 0.29) is 12.3 Å². The first-order valence-electron chi connectivity index (χ1n) is 7.61. The van der Waals surface area contributed by atoms with E-state index in [9.17, 15) is 31.5 Å². The molecule has 1 heterocycles. The second-order valence-electron chi connectivity index (χ2n) is 5.44. The number of benzene rings is 2. The highest BCUT2D eigenvalue weighted by atomic mass is 19.2. The van der Waals surface area contributed by atoms with Gasteiger partial charge >= 0.3 is 5.97 Å². The molecule has 0 spiro atoms. The number of ether oxygens (including phenoxy) is 1. The minimum Gasteiger partial charge on any atom is -0.462 e. The number of aromatic nitrogens is 1. The summed E-state index contributed by atoms with van der Waals surface area (Å²) in [6, 6.07) is 2.80. The maximum Gasteiger partial charge on any atom is 0.343 e. The van der Waals surface area contributed by atoms with Crippen molar-refractivity contribution in [3.8, 4) is 5.69 Å². The molecule has 3 aromatic rings. The van der Waals surface area contributed by atoms with Crippen LogP contribution in [0.3, 0.4) is 0 Å². The van der Waals surface area contributed by atoms with Gasteiger partial charge in [0.15, 0.2) is 29.1 Å². The molecule has 0 fully saturated rings. The van der Waals surface area contributed by atoms with E-state index in [1.807, 2.05) is 0 Å². The van der Waals surface area contributed by atoms with E-state index in [2.05, 4.69) is 0 Å². The quantitative estimate of drug-likeness (QED) is 0.392. The zero-order valence-electron chi connectivity index (χ0n) is 13.7. The Labute approximate surface area is 148 Å². The summed E-state index contributed by atoms with van der Waals surface area (Å²) in [5, 5.41) is -0.665. The van der Waals surface area contributed by atoms with Gasteiger partial charge in [0.25, 0.3) is 0 Å². The van der Waals surface area contributed by atoms with Crippen LogP contribution in [0.25, 0.3) is 16.6 Å². The molecule has 0 amide bonds. The van der Waals surface area contributed by atoms with Gasteiger partial charge in [-0.1, -0.05) is 0 Å². The fourth-order valence-corrected chi connectivity index (χ4v) is 2.58. The number of carbonyl (C=O) groups excluding carboxylic acids is 1. The molecule has 0 saturated carbocycles. The van der Waals surface area contributed by atoms with Crippen LogP contribution in [0.4, 0.5) is 22.0 Å². The van der Waals surface area contributed by atoms with Crippen LogP contribution in [-0.4, -0.2) is 17.1 Å². The maximum atomic E-state index is 14.4. The van der Waals surface area contributed by atoms with Crippen LogP contribution >= 0.6 is 0 Å². The molecule has 140 valence electrons. The van der Waals surface area contributed by atoms with Crippen molar-refractivity contribution < 1.29 is 31.5 Å². The molecule has 3 rings (SSSR count). The smallest absolute Gasteiger partial charge is 0.343 e. The van der Waals surface area contributed by atoms with Crippen molar-refractivity contribution in [3.05, 3.63) is 75.3 Å². The molecule has 2 aromatic carbocycles. The number of rotatable bonds is 3. The highest BCUT2D eigenvalue weighted by Gasteiger charge is 2.23. The predicted octanol–water partition coefficient (Wildman–Crippen LogP) is 3.86. The summed E-state index contributed by atoms with van der Waals surface area (Å²) in [7, 11) is 0. The lowest BCUT2D eigenvalue weighted by molar-refractivity contribution is 0.0524. The Hall–Kier alpha value is -3.23. The van der Waals surface area contributed by atoms with Gasteiger partial charge in [-0.2, -0.15) is 0 Å². The Kier molecular flexibility index (Phi) is 4.69. The van der Waals surface area contributed by atoms with Crippen LogP contribution in [0, 0.1) is 29.1 Å². The molecule has 4 nitrogen and oxygen atoms in total. The Bertz CT molecular complexity index is 1140. The third kappa shape index (κ3) is 3.05. The molecule has 0 aliphatic rings. The van der Waals surface area contributed by atoms with Gasteiger partial charge in [-0.25, -0.2) is 26.7 Å². The molecule has 0 saturated heterocycles. The van der Waals surface area contributed by atoms with Gasteiger partial charge in [0.05, 0.1) is 17.5 Å². The van der Waals surface area contributed by atoms with E-state index in [1.165, 1.54) is 6.92 Å². The van der Waals surface area contributed by atoms with Crippen LogP contribution in [0.2, 0.25) is 0 Å². The summed E-state index contributed by atoms with van der Waals surface area (Å²) in [6.07, 6.45) is 0.801. The summed E-state index contributed by atoms with van der Waals surface area (Å²) in [5.41, 5.74) is -2.67. The average Bonchev–Trinajstić information content (AvgIpc) is 2.63. The van der Waals surface area contributed by atoms with Gasteiger partial charge < -0.3 is 9.30 Å². The second kappa shape index (κ2) is 6.82. The van der Waals surface area contributed by atoms with Gasteiger partial charge in [0.2, 0.25) is 5.43 Å². The van der Waals surface area contributed by atoms with E-state index < -0.39 is 57.0 Å². The zero-order valence-corrected chi connectivity index (χ0v) is 13.7. The van der Waals surface area contributed by atoms with Crippen molar-refractivity contribution in [1.82, 2.24) is 4.57 Å². The van der Waals surface area contributed by atoms with Crippen LogP contribution in [-0.2, 0) is 4.74 Å². The first-order valence-corrected chi connectivity index (χ1v) is 7.61. The number of hydrogen-bond donors (Lipinski definition) is 0. The minimum atomic E-state index is -1.86. The molecule has 0 aliphatic heterocycles. The lowest BCUT2D eigenvalue weighted by Crippen LogP contribution is -2.21. The normalized spacial score (nSPS) is 11.0. The molecular weight excluding hydrogens is 373 g/mol. The van der Waals surface area contributed by atoms with Gasteiger partial charge in [-0.05, 0) is 25.1 Å². The fraction of sp³-hybridized carbons (Fsp3) is 0.111. The predicted molar refractivity (Wildman–Crippen MR) is 85.3 cm³/mol. The van der Waals surface area contributed by atoms with Crippen molar-refractivity contribution in [1.29, 1.82) is 0 Å². The summed E-state index contributed by atoms with van der Waals surface area (Å²) in [6.45, 7) is 1.38. The zero-order chi connectivity index (χ0) is 19.9. The van der Waals surface area contributed by atoms with Crippen molar-refractivity contribution >= 4 is 16.9 Å². The Morgan fingerprint density at radius 2 is 1.70 bits per heavy atom. The summed E-state index contributed by atoms with van der Waals surface area (Å²) >= 11 is 0. The Morgan fingerprint density at radius 3 is 2.33 bits per heavy atom. The minimum absolute atomic E-state index is 0.0897. The Balaban J connectivity index is 2.48. The van der Waals surface area contributed by atoms with Gasteiger partial charge in [-0.15, -0.1) is 0 Å².